The Morgan fingerprint density at radius 2 is 1.70 bits per heavy atom. The molecule has 3 aromatic rings. The largest absolute Gasteiger partial charge is 0.496 e. The second-order valence-electron chi connectivity index (χ2n) is 7.29. The van der Waals surface area contributed by atoms with Crippen molar-refractivity contribution in [2.24, 2.45) is 0 Å². The molecule has 7 heteroatoms. The van der Waals surface area contributed by atoms with Gasteiger partial charge in [0.15, 0.2) is 0 Å². The quantitative estimate of drug-likeness (QED) is 0.163. The van der Waals surface area contributed by atoms with Crippen molar-refractivity contribution in [1.82, 2.24) is 0 Å². The number of carbonyl (C=O) groups excluding carboxylic acids is 1. The molecule has 0 bridgehead atoms. The van der Waals surface area contributed by atoms with Gasteiger partial charge in [-0.1, -0.05) is 24.3 Å². The third-order valence-electron chi connectivity index (χ3n) is 4.88. The number of nitrogens with zero attached hydrogens (tertiary/aromatic N) is 1. The van der Waals surface area contributed by atoms with Crippen LogP contribution in [0.3, 0.4) is 0 Å². The predicted octanol–water partition coefficient (Wildman–Crippen LogP) is 4.58. The zero-order valence-corrected chi connectivity index (χ0v) is 18.3. The van der Waals surface area contributed by atoms with E-state index in [1.165, 1.54) is 6.08 Å². The van der Waals surface area contributed by atoms with Gasteiger partial charge in [-0.05, 0) is 72.0 Å². The topological polar surface area (TPSA) is 121 Å². The van der Waals surface area contributed by atoms with E-state index in [0.29, 0.717) is 42.3 Å². The maximum absolute atomic E-state index is 12.1. The molecule has 3 aromatic carbocycles. The summed E-state index contributed by atoms with van der Waals surface area (Å²) in [6.07, 6.45) is 6.06. The van der Waals surface area contributed by atoms with Gasteiger partial charge in [-0.15, -0.1) is 5.26 Å². The lowest BCUT2D eigenvalue weighted by atomic mass is 10.0. The van der Waals surface area contributed by atoms with E-state index in [1.54, 1.807) is 37.6 Å². The maximum Gasteiger partial charge on any atom is 0.330 e. The van der Waals surface area contributed by atoms with Crippen molar-refractivity contribution < 1.29 is 19.0 Å². The van der Waals surface area contributed by atoms with Gasteiger partial charge < -0.3 is 25.7 Å². The van der Waals surface area contributed by atoms with Crippen LogP contribution in [0.2, 0.25) is 0 Å². The van der Waals surface area contributed by atoms with E-state index in [4.69, 9.17) is 30.9 Å². The van der Waals surface area contributed by atoms with Crippen LogP contribution in [0.15, 0.2) is 66.7 Å². The van der Waals surface area contributed by atoms with E-state index < -0.39 is 5.97 Å². The molecule has 0 unspecified atom stereocenters. The van der Waals surface area contributed by atoms with Crippen LogP contribution in [0.25, 0.3) is 17.2 Å². The number of rotatable bonds is 9. The molecule has 0 radical (unpaired) electrons. The summed E-state index contributed by atoms with van der Waals surface area (Å²) in [6.45, 7) is 0.291. The summed E-state index contributed by atoms with van der Waals surface area (Å²) in [6, 6.07) is 18.2. The number of nitriles is 1. The van der Waals surface area contributed by atoms with E-state index >= 15 is 0 Å². The molecule has 0 aliphatic heterocycles. The lowest BCUT2D eigenvalue weighted by Crippen LogP contribution is -2.04. The molecular formula is C26H25N3O4. The van der Waals surface area contributed by atoms with Gasteiger partial charge in [-0.2, -0.15) is 0 Å². The Morgan fingerprint density at radius 1 is 1.00 bits per heavy atom. The molecule has 0 saturated heterocycles. The number of hydrogen-bond donors (Lipinski definition) is 2. The first-order valence-corrected chi connectivity index (χ1v) is 10.3. The molecule has 0 saturated carbocycles. The van der Waals surface area contributed by atoms with Crippen molar-refractivity contribution in [1.29, 1.82) is 5.26 Å². The molecule has 0 amide bonds. The fourth-order valence-corrected chi connectivity index (χ4v) is 3.34. The number of benzene rings is 3. The number of aryl methyl sites for hydroxylation is 1. The molecule has 0 heterocycles. The van der Waals surface area contributed by atoms with E-state index in [0.717, 1.165) is 22.3 Å². The molecule has 0 fully saturated rings. The number of ether oxygens (including phenoxy) is 3. The number of hydrogen-bond acceptors (Lipinski definition) is 7. The predicted molar refractivity (Wildman–Crippen MR) is 128 cm³/mol. The molecule has 0 aliphatic rings. The van der Waals surface area contributed by atoms with E-state index in [-0.39, 0.29) is 0 Å². The zero-order chi connectivity index (χ0) is 23.6. The van der Waals surface area contributed by atoms with Crippen molar-refractivity contribution in [2.75, 3.05) is 25.2 Å². The Balaban J connectivity index is 1.56. The average molecular weight is 444 g/mol. The lowest BCUT2D eigenvalue weighted by molar-refractivity contribution is -0.137. The molecule has 0 aliphatic carbocycles. The van der Waals surface area contributed by atoms with Gasteiger partial charge in [0.25, 0.3) is 6.26 Å². The van der Waals surface area contributed by atoms with Gasteiger partial charge in [0, 0.05) is 23.0 Å². The molecule has 0 spiro atoms. The summed E-state index contributed by atoms with van der Waals surface area (Å²) in [4.78, 5) is 12.1. The fraction of sp³-hybridized carbons (Fsp3) is 0.154. The van der Waals surface area contributed by atoms with Crippen LogP contribution in [-0.2, 0) is 16.0 Å². The van der Waals surface area contributed by atoms with Crippen molar-refractivity contribution >= 4 is 23.4 Å². The minimum Gasteiger partial charge on any atom is -0.496 e. The van der Waals surface area contributed by atoms with Gasteiger partial charge in [0.2, 0.25) is 0 Å². The first-order chi connectivity index (χ1) is 16.0. The SMILES string of the molecule is COc1cc(-c2ccc(OC#N)cc2)ccc1/C=C/C(=O)OCCCc1cc(N)cc(N)c1. The Morgan fingerprint density at radius 3 is 2.36 bits per heavy atom. The van der Waals surface area contributed by atoms with Crippen molar-refractivity contribution in [3.05, 3.63) is 77.9 Å². The van der Waals surface area contributed by atoms with Crippen LogP contribution in [0, 0.1) is 11.5 Å². The van der Waals surface area contributed by atoms with Crippen LogP contribution < -0.4 is 20.9 Å². The van der Waals surface area contributed by atoms with E-state index in [9.17, 15) is 4.79 Å². The molecule has 3 rings (SSSR count). The van der Waals surface area contributed by atoms with Crippen LogP contribution in [0.1, 0.15) is 17.5 Å². The minimum absolute atomic E-state index is 0.291. The summed E-state index contributed by atoms with van der Waals surface area (Å²) in [7, 11) is 1.57. The molecule has 0 atom stereocenters. The number of nitrogen functional groups attached to an aromatic ring is 2. The highest BCUT2D eigenvalue weighted by atomic mass is 16.5. The highest BCUT2D eigenvalue weighted by Crippen LogP contribution is 2.29. The smallest absolute Gasteiger partial charge is 0.330 e. The van der Waals surface area contributed by atoms with E-state index in [1.807, 2.05) is 42.5 Å². The molecule has 33 heavy (non-hydrogen) atoms. The van der Waals surface area contributed by atoms with Gasteiger partial charge in [-0.25, -0.2) is 4.79 Å². The molecule has 4 N–H and O–H groups in total. The minimum atomic E-state index is -0.429. The standard InChI is InChI=1S/C26H25N3O4/c1-31-25-15-21(19-6-9-24(10-7-19)33-17-27)5-4-20(25)8-11-26(30)32-12-2-3-18-13-22(28)16-23(29)14-18/h4-11,13-16H,2-3,12,28-29H2,1H3/b11-8+. The van der Waals surface area contributed by atoms with Gasteiger partial charge in [-0.3, -0.25) is 0 Å². The summed E-state index contributed by atoms with van der Waals surface area (Å²) in [5.74, 6) is 0.665. The Labute approximate surface area is 192 Å². The molecular weight excluding hydrogens is 418 g/mol. The van der Waals surface area contributed by atoms with Gasteiger partial charge >= 0.3 is 5.97 Å². The van der Waals surface area contributed by atoms with Crippen molar-refractivity contribution in [3.63, 3.8) is 0 Å². The number of methoxy groups -OCH3 is 1. The van der Waals surface area contributed by atoms with Gasteiger partial charge in [0.1, 0.15) is 11.5 Å². The van der Waals surface area contributed by atoms with Crippen LogP contribution in [0.5, 0.6) is 11.5 Å². The first-order valence-electron chi connectivity index (χ1n) is 10.3. The van der Waals surface area contributed by atoms with E-state index in [2.05, 4.69) is 0 Å². The average Bonchev–Trinajstić information content (AvgIpc) is 2.80. The third kappa shape index (κ3) is 6.77. The van der Waals surface area contributed by atoms with Crippen LogP contribution in [0.4, 0.5) is 11.4 Å². The zero-order valence-electron chi connectivity index (χ0n) is 18.3. The summed E-state index contributed by atoms with van der Waals surface area (Å²) < 4.78 is 15.6. The van der Waals surface area contributed by atoms with Crippen molar-refractivity contribution in [3.8, 4) is 28.9 Å². The number of esters is 1. The van der Waals surface area contributed by atoms with Crippen LogP contribution in [-0.4, -0.2) is 19.7 Å². The monoisotopic (exact) mass is 443 g/mol. The Kier molecular flexibility index (Phi) is 7.92. The lowest BCUT2D eigenvalue weighted by Gasteiger charge is -2.09. The summed E-state index contributed by atoms with van der Waals surface area (Å²) in [5.41, 5.74) is 16.4. The Hall–Kier alpha value is -4.44. The number of anilines is 2. The highest BCUT2D eigenvalue weighted by molar-refractivity contribution is 5.88. The molecule has 7 nitrogen and oxygen atoms in total. The fourth-order valence-electron chi connectivity index (χ4n) is 3.34. The second-order valence-corrected chi connectivity index (χ2v) is 7.29. The number of carbonyl (C=O) groups is 1. The Bertz CT molecular complexity index is 1160. The third-order valence-corrected chi connectivity index (χ3v) is 4.88. The maximum atomic E-state index is 12.1. The normalized spacial score (nSPS) is 10.5. The number of nitrogens with two attached hydrogens (primary N) is 2. The summed E-state index contributed by atoms with van der Waals surface area (Å²) >= 11 is 0. The molecule has 168 valence electrons. The van der Waals surface area contributed by atoms with Crippen molar-refractivity contribution in [2.45, 2.75) is 12.8 Å². The second kappa shape index (κ2) is 11.3. The molecule has 0 aromatic heterocycles. The highest BCUT2D eigenvalue weighted by Gasteiger charge is 2.06. The van der Waals surface area contributed by atoms with Crippen LogP contribution >= 0.6 is 0 Å². The van der Waals surface area contributed by atoms with Gasteiger partial charge in [0.05, 0.1) is 13.7 Å². The first kappa shape index (κ1) is 23.2. The summed E-state index contributed by atoms with van der Waals surface area (Å²) in [5, 5.41) is 8.58.